The normalized spacial score (nSPS) is 10.1. The monoisotopic (exact) mass is 409 g/mol. The van der Waals surface area contributed by atoms with Crippen molar-refractivity contribution in [1.82, 2.24) is 9.55 Å². The summed E-state index contributed by atoms with van der Waals surface area (Å²) in [5.41, 5.74) is -0.511. The predicted molar refractivity (Wildman–Crippen MR) is 97.2 cm³/mol. The minimum absolute atomic E-state index is 0.198. The average Bonchev–Trinajstić information content (AvgIpc) is 3.19. The Bertz CT molecular complexity index is 941. The maximum atomic E-state index is 13.7. The number of pyridine rings is 1. The largest absolute Gasteiger partial charge is 0.419 e. The molecule has 1 amide bonds. The number of rotatable bonds is 3. The van der Waals surface area contributed by atoms with Crippen LogP contribution < -0.4 is 5.32 Å². The topological polar surface area (TPSA) is 81.1 Å². The van der Waals surface area contributed by atoms with Gasteiger partial charge in [-0.25, -0.2) is 4.39 Å². The Morgan fingerprint density at radius 2 is 1.72 bits per heavy atom. The molecule has 0 aliphatic carbocycles. The first-order valence-corrected chi connectivity index (χ1v) is 7.70. The molecule has 1 N–H and O–H groups in total. The number of hydrogen-bond donors (Lipinski definition) is 1. The summed E-state index contributed by atoms with van der Waals surface area (Å²) in [7, 11) is 0. The van der Waals surface area contributed by atoms with E-state index in [9.17, 15) is 22.4 Å². The molecule has 0 aliphatic rings. The number of aromatic nitrogens is 2. The Labute approximate surface area is 162 Å². The minimum Gasteiger partial charge on any atom is -0.322 e. The Kier molecular flexibility index (Phi) is 8.41. The molecule has 152 valence electrons. The molecule has 10 heteroatoms. The number of anilines is 1. The van der Waals surface area contributed by atoms with E-state index in [1.807, 2.05) is 13.6 Å². The average molecular weight is 409 g/mol. The van der Waals surface area contributed by atoms with E-state index in [4.69, 9.17) is 9.59 Å². The summed E-state index contributed by atoms with van der Waals surface area (Å²) < 4.78 is 52.8. The zero-order chi connectivity index (χ0) is 22.0. The van der Waals surface area contributed by atoms with Gasteiger partial charge >= 0.3 is 6.18 Å². The standard InChI is InChI=1S/C17H11F4N3O.2CH2O/c18-14-9-12(4-5-13(14)17(19,20)21)24-8-6-11(10-24)23-16(25)15-3-1-2-7-22-15;2*1-2/h1-10H,(H,23,25);2*1H2. The number of halogens is 4. The van der Waals surface area contributed by atoms with E-state index in [1.54, 1.807) is 12.1 Å². The fourth-order valence-corrected chi connectivity index (χ4v) is 2.22. The highest BCUT2D eigenvalue weighted by molar-refractivity contribution is 6.02. The molecule has 0 unspecified atom stereocenters. The molecule has 0 atom stereocenters. The van der Waals surface area contributed by atoms with Crippen LogP contribution in [0.3, 0.4) is 0 Å². The molecule has 0 radical (unpaired) electrons. The van der Waals surface area contributed by atoms with Crippen molar-refractivity contribution in [3.63, 3.8) is 0 Å². The Morgan fingerprint density at radius 3 is 2.28 bits per heavy atom. The second kappa shape index (κ2) is 10.5. The van der Waals surface area contributed by atoms with Crippen LogP contribution in [0.4, 0.5) is 23.2 Å². The van der Waals surface area contributed by atoms with Crippen molar-refractivity contribution in [3.8, 4) is 5.69 Å². The van der Waals surface area contributed by atoms with Gasteiger partial charge in [-0.2, -0.15) is 13.2 Å². The molecule has 2 heterocycles. The molecule has 3 aromatic rings. The summed E-state index contributed by atoms with van der Waals surface area (Å²) in [5.74, 6) is -1.80. The fraction of sp³-hybridized carbons (Fsp3) is 0.0526. The van der Waals surface area contributed by atoms with Gasteiger partial charge in [-0.15, -0.1) is 0 Å². The first kappa shape index (κ1) is 23.2. The van der Waals surface area contributed by atoms with Gasteiger partial charge in [0, 0.05) is 24.3 Å². The molecule has 2 aromatic heterocycles. The van der Waals surface area contributed by atoms with Crippen LogP contribution in [0, 0.1) is 5.82 Å². The van der Waals surface area contributed by atoms with Gasteiger partial charge in [0.1, 0.15) is 25.1 Å². The lowest BCUT2D eigenvalue weighted by molar-refractivity contribution is -0.140. The zero-order valence-electron chi connectivity index (χ0n) is 14.8. The van der Waals surface area contributed by atoms with E-state index in [0.29, 0.717) is 11.8 Å². The molecule has 0 saturated carbocycles. The summed E-state index contributed by atoms with van der Waals surface area (Å²) in [6.07, 6.45) is -0.314. The number of carbonyl (C=O) groups is 3. The van der Waals surface area contributed by atoms with E-state index < -0.39 is 23.5 Å². The van der Waals surface area contributed by atoms with Gasteiger partial charge in [0.15, 0.2) is 0 Å². The molecular weight excluding hydrogens is 394 g/mol. The van der Waals surface area contributed by atoms with Crippen LogP contribution in [0.25, 0.3) is 5.69 Å². The van der Waals surface area contributed by atoms with Crippen molar-refractivity contribution in [2.45, 2.75) is 6.18 Å². The Hall–Kier alpha value is -3.82. The third-order valence-electron chi connectivity index (χ3n) is 3.40. The number of alkyl halides is 3. The number of hydrogen-bond acceptors (Lipinski definition) is 4. The zero-order valence-corrected chi connectivity index (χ0v) is 14.8. The quantitative estimate of drug-likeness (QED) is 0.665. The first-order chi connectivity index (χ1) is 13.8. The molecule has 1 aromatic carbocycles. The molecule has 0 saturated heterocycles. The van der Waals surface area contributed by atoms with Gasteiger partial charge in [-0.1, -0.05) is 6.07 Å². The van der Waals surface area contributed by atoms with Crippen LogP contribution in [-0.4, -0.2) is 29.0 Å². The van der Waals surface area contributed by atoms with E-state index in [0.717, 1.165) is 12.1 Å². The molecule has 0 bridgehead atoms. The molecule has 6 nitrogen and oxygen atoms in total. The third-order valence-corrected chi connectivity index (χ3v) is 3.40. The number of carbonyl (C=O) groups excluding carboxylic acids is 3. The van der Waals surface area contributed by atoms with Crippen LogP contribution in [0.1, 0.15) is 16.1 Å². The summed E-state index contributed by atoms with van der Waals surface area (Å²) in [6.45, 7) is 4.00. The fourth-order valence-electron chi connectivity index (χ4n) is 2.22. The van der Waals surface area contributed by atoms with Crippen LogP contribution in [0.2, 0.25) is 0 Å². The van der Waals surface area contributed by atoms with Crippen LogP contribution in [0.15, 0.2) is 61.1 Å². The van der Waals surface area contributed by atoms with E-state index in [1.165, 1.54) is 35.3 Å². The van der Waals surface area contributed by atoms with Gasteiger partial charge in [-0.3, -0.25) is 9.78 Å². The summed E-state index contributed by atoms with van der Waals surface area (Å²) >= 11 is 0. The predicted octanol–water partition coefficient (Wildman–Crippen LogP) is 3.91. The molecule has 0 fully saturated rings. The first-order valence-electron chi connectivity index (χ1n) is 7.70. The highest BCUT2D eigenvalue weighted by Crippen LogP contribution is 2.32. The molecule has 0 spiro atoms. The summed E-state index contributed by atoms with van der Waals surface area (Å²) in [6, 6.07) is 9.03. The van der Waals surface area contributed by atoms with Crippen molar-refractivity contribution in [2.75, 3.05) is 5.32 Å². The van der Waals surface area contributed by atoms with E-state index in [-0.39, 0.29) is 11.4 Å². The van der Waals surface area contributed by atoms with Gasteiger partial charge in [0.2, 0.25) is 0 Å². The van der Waals surface area contributed by atoms with E-state index >= 15 is 0 Å². The van der Waals surface area contributed by atoms with Crippen molar-refractivity contribution in [3.05, 3.63) is 78.1 Å². The lowest BCUT2D eigenvalue weighted by atomic mass is 10.2. The number of nitrogens with one attached hydrogen (secondary N) is 1. The molecule has 29 heavy (non-hydrogen) atoms. The maximum absolute atomic E-state index is 13.7. The van der Waals surface area contributed by atoms with Gasteiger partial charge in [0.25, 0.3) is 5.91 Å². The van der Waals surface area contributed by atoms with Gasteiger partial charge < -0.3 is 19.5 Å². The summed E-state index contributed by atoms with van der Waals surface area (Å²) in [5, 5.41) is 2.60. The lowest BCUT2D eigenvalue weighted by Crippen LogP contribution is -2.12. The molecular formula is C19H15F4N3O3. The van der Waals surface area contributed by atoms with Crippen molar-refractivity contribution < 1.29 is 31.9 Å². The van der Waals surface area contributed by atoms with Crippen LogP contribution in [0.5, 0.6) is 0 Å². The molecule has 3 rings (SSSR count). The second-order valence-electron chi connectivity index (χ2n) is 5.14. The minimum atomic E-state index is -4.75. The summed E-state index contributed by atoms with van der Waals surface area (Å²) in [4.78, 5) is 31.9. The SMILES string of the molecule is C=O.C=O.O=C(Nc1ccn(-c2ccc(C(F)(F)F)c(F)c2)c1)c1ccccn1. The lowest BCUT2D eigenvalue weighted by Gasteiger charge is -2.10. The Morgan fingerprint density at radius 1 is 1.03 bits per heavy atom. The second-order valence-corrected chi connectivity index (χ2v) is 5.14. The third kappa shape index (κ3) is 6.09. The van der Waals surface area contributed by atoms with Crippen molar-refractivity contribution >= 4 is 25.2 Å². The van der Waals surface area contributed by atoms with Gasteiger partial charge in [-0.05, 0) is 36.4 Å². The van der Waals surface area contributed by atoms with Gasteiger partial charge in [0.05, 0.1) is 11.3 Å². The van der Waals surface area contributed by atoms with Crippen LogP contribution >= 0.6 is 0 Å². The number of nitrogens with zero attached hydrogens (tertiary/aromatic N) is 2. The molecule has 0 aliphatic heterocycles. The smallest absolute Gasteiger partial charge is 0.322 e. The highest BCUT2D eigenvalue weighted by Gasteiger charge is 2.33. The number of amides is 1. The number of benzene rings is 1. The van der Waals surface area contributed by atoms with E-state index in [2.05, 4.69) is 10.3 Å². The Balaban J connectivity index is 0.000000989. The van der Waals surface area contributed by atoms with Crippen molar-refractivity contribution in [1.29, 1.82) is 0 Å². The highest BCUT2D eigenvalue weighted by atomic mass is 19.4. The maximum Gasteiger partial charge on any atom is 0.419 e. The van der Waals surface area contributed by atoms with Crippen molar-refractivity contribution in [2.24, 2.45) is 0 Å². The van der Waals surface area contributed by atoms with Crippen LogP contribution in [-0.2, 0) is 15.8 Å².